The summed E-state index contributed by atoms with van der Waals surface area (Å²) in [5.41, 5.74) is 4.88. The van der Waals surface area contributed by atoms with E-state index < -0.39 is 0 Å². The van der Waals surface area contributed by atoms with Crippen LogP contribution in [-0.2, 0) is 19.5 Å². The molecule has 2 heterocycles. The summed E-state index contributed by atoms with van der Waals surface area (Å²) >= 11 is 3.50. The number of H-pyrrole nitrogens is 1. The number of nitrogens with one attached hydrogen (secondary N) is 2. The predicted octanol–water partition coefficient (Wildman–Crippen LogP) is 4.14. The van der Waals surface area contributed by atoms with E-state index in [1.54, 1.807) is 0 Å². The summed E-state index contributed by atoms with van der Waals surface area (Å²) in [5, 5.41) is 3.21. The van der Waals surface area contributed by atoms with Crippen molar-refractivity contribution < 1.29 is 0 Å². The summed E-state index contributed by atoms with van der Waals surface area (Å²) in [5.74, 6) is 0.497. The summed E-state index contributed by atoms with van der Waals surface area (Å²) in [6, 6.07) is 16.3. The number of aromatic nitrogens is 2. The quantitative estimate of drug-likeness (QED) is 0.660. The molecule has 6 heteroatoms. The number of hydrogen-bond donors (Lipinski definition) is 2. The van der Waals surface area contributed by atoms with Crippen LogP contribution in [0.4, 0.5) is 11.6 Å². The van der Waals surface area contributed by atoms with Crippen molar-refractivity contribution in [2.75, 3.05) is 11.9 Å². The van der Waals surface area contributed by atoms with Gasteiger partial charge >= 0.3 is 0 Å². The number of anilines is 2. The average Bonchev–Trinajstić information content (AvgIpc) is 2.66. The Morgan fingerprint density at radius 3 is 2.81 bits per heavy atom. The van der Waals surface area contributed by atoms with Crippen LogP contribution in [0.1, 0.15) is 22.4 Å². The van der Waals surface area contributed by atoms with Gasteiger partial charge in [-0.25, -0.2) is 4.98 Å². The molecule has 0 radical (unpaired) electrons. The van der Waals surface area contributed by atoms with Crippen molar-refractivity contribution in [1.29, 1.82) is 0 Å². The summed E-state index contributed by atoms with van der Waals surface area (Å²) in [7, 11) is 0. The highest BCUT2D eigenvalue weighted by molar-refractivity contribution is 9.10. The second-order valence-electron chi connectivity index (χ2n) is 6.87. The first-order valence-corrected chi connectivity index (χ1v) is 9.79. The Morgan fingerprint density at radius 1 is 1.22 bits per heavy atom. The van der Waals surface area contributed by atoms with Gasteiger partial charge in [0, 0.05) is 36.2 Å². The Morgan fingerprint density at radius 2 is 2.04 bits per heavy atom. The number of halogens is 1. The van der Waals surface area contributed by atoms with E-state index in [1.165, 1.54) is 5.56 Å². The van der Waals surface area contributed by atoms with E-state index in [4.69, 9.17) is 0 Å². The molecule has 0 unspecified atom stereocenters. The van der Waals surface area contributed by atoms with Crippen LogP contribution in [-0.4, -0.2) is 21.4 Å². The summed E-state index contributed by atoms with van der Waals surface area (Å²) in [6.07, 6.45) is 0.778. The maximum absolute atomic E-state index is 12.6. The van der Waals surface area contributed by atoms with Crippen molar-refractivity contribution in [3.8, 4) is 0 Å². The minimum absolute atomic E-state index is 0.0610. The first-order valence-electron chi connectivity index (χ1n) is 9.00. The molecule has 27 heavy (non-hydrogen) atoms. The SMILES string of the molecule is Cc1cc(Nc2nc3c(c(=O)[nH]2)CN(Cc2ccccc2)CC3)ccc1Br. The molecule has 0 saturated carbocycles. The van der Waals surface area contributed by atoms with Crippen molar-refractivity contribution in [2.24, 2.45) is 0 Å². The third-order valence-electron chi connectivity index (χ3n) is 4.82. The number of aromatic amines is 1. The zero-order valence-electron chi connectivity index (χ0n) is 15.1. The highest BCUT2D eigenvalue weighted by atomic mass is 79.9. The van der Waals surface area contributed by atoms with Gasteiger partial charge in [0.1, 0.15) is 0 Å². The molecular formula is C21H21BrN4O. The minimum Gasteiger partial charge on any atom is -0.326 e. The van der Waals surface area contributed by atoms with Crippen molar-refractivity contribution in [3.63, 3.8) is 0 Å². The summed E-state index contributed by atoms with van der Waals surface area (Å²) in [6.45, 7) is 4.40. The molecule has 138 valence electrons. The predicted molar refractivity (Wildman–Crippen MR) is 111 cm³/mol. The molecule has 3 aromatic rings. The second-order valence-corrected chi connectivity index (χ2v) is 7.73. The summed E-state index contributed by atoms with van der Waals surface area (Å²) in [4.78, 5) is 22.5. The Hall–Kier alpha value is -2.44. The van der Waals surface area contributed by atoms with Crippen LogP contribution in [0, 0.1) is 6.92 Å². The van der Waals surface area contributed by atoms with Gasteiger partial charge in [0.2, 0.25) is 5.95 Å². The molecule has 0 fully saturated rings. The molecule has 0 atom stereocenters. The van der Waals surface area contributed by atoms with Crippen molar-refractivity contribution in [3.05, 3.63) is 85.7 Å². The maximum atomic E-state index is 12.6. The molecule has 2 aromatic carbocycles. The average molecular weight is 425 g/mol. The Labute approximate surface area is 166 Å². The fourth-order valence-corrected chi connectivity index (χ4v) is 3.62. The van der Waals surface area contributed by atoms with Crippen LogP contribution in [0.3, 0.4) is 0 Å². The first-order chi connectivity index (χ1) is 13.1. The zero-order chi connectivity index (χ0) is 18.8. The largest absolute Gasteiger partial charge is 0.326 e. The lowest BCUT2D eigenvalue weighted by Crippen LogP contribution is -2.35. The van der Waals surface area contributed by atoms with Gasteiger partial charge in [-0.3, -0.25) is 14.7 Å². The number of aryl methyl sites for hydroxylation is 1. The smallest absolute Gasteiger partial charge is 0.257 e. The van der Waals surface area contributed by atoms with E-state index in [2.05, 4.69) is 48.2 Å². The molecule has 4 rings (SSSR count). The molecule has 0 bridgehead atoms. The molecule has 2 N–H and O–H groups in total. The van der Waals surface area contributed by atoms with Gasteiger partial charge < -0.3 is 5.32 Å². The number of benzene rings is 2. The van der Waals surface area contributed by atoms with Gasteiger partial charge in [-0.05, 0) is 36.2 Å². The molecule has 0 aliphatic carbocycles. The van der Waals surface area contributed by atoms with E-state index >= 15 is 0 Å². The zero-order valence-corrected chi connectivity index (χ0v) is 16.7. The van der Waals surface area contributed by atoms with Gasteiger partial charge in [-0.1, -0.05) is 46.3 Å². The van der Waals surface area contributed by atoms with Gasteiger partial charge in [0.15, 0.2) is 0 Å². The molecule has 1 aliphatic rings. The number of rotatable bonds is 4. The van der Waals surface area contributed by atoms with Crippen LogP contribution in [0.25, 0.3) is 0 Å². The molecular weight excluding hydrogens is 404 g/mol. The van der Waals surface area contributed by atoms with Crippen molar-refractivity contribution >= 4 is 27.6 Å². The van der Waals surface area contributed by atoms with E-state index in [-0.39, 0.29) is 5.56 Å². The van der Waals surface area contributed by atoms with Crippen molar-refractivity contribution in [2.45, 2.75) is 26.4 Å². The molecule has 0 amide bonds. The number of fused-ring (bicyclic) bond motifs is 1. The topological polar surface area (TPSA) is 61.0 Å². The van der Waals surface area contributed by atoms with E-state index in [0.717, 1.165) is 46.5 Å². The summed E-state index contributed by atoms with van der Waals surface area (Å²) < 4.78 is 1.05. The lowest BCUT2D eigenvalue weighted by Gasteiger charge is -2.27. The Balaban J connectivity index is 1.52. The normalized spacial score (nSPS) is 14.0. The first kappa shape index (κ1) is 17.9. The standard InChI is InChI=1S/C21H21BrN4O/c1-14-11-16(7-8-18(14)22)23-21-24-19-9-10-26(13-17(19)20(27)25-21)12-15-5-3-2-4-6-15/h2-8,11H,9-10,12-13H2,1H3,(H2,23,24,25,27). The van der Waals surface area contributed by atoms with E-state index in [1.807, 2.05) is 43.3 Å². The van der Waals surface area contributed by atoms with Crippen LogP contribution in [0.2, 0.25) is 0 Å². The molecule has 5 nitrogen and oxygen atoms in total. The third kappa shape index (κ3) is 4.12. The fraction of sp³-hybridized carbons (Fsp3) is 0.238. The van der Waals surface area contributed by atoms with Gasteiger partial charge in [0.25, 0.3) is 5.56 Å². The lowest BCUT2D eigenvalue weighted by atomic mass is 10.1. The second kappa shape index (κ2) is 7.66. The highest BCUT2D eigenvalue weighted by Gasteiger charge is 2.21. The van der Waals surface area contributed by atoms with E-state index in [0.29, 0.717) is 12.5 Å². The third-order valence-corrected chi connectivity index (χ3v) is 5.71. The maximum Gasteiger partial charge on any atom is 0.257 e. The van der Waals surface area contributed by atoms with Crippen LogP contribution in [0.15, 0.2) is 57.8 Å². The Kier molecular flexibility index (Phi) is 5.09. The van der Waals surface area contributed by atoms with Crippen LogP contribution in [0.5, 0.6) is 0 Å². The van der Waals surface area contributed by atoms with Crippen LogP contribution < -0.4 is 10.9 Å². The Bertz CT molecular complexity index is 1020. The molecule has 0 spiro atoms. The number of hydrogen-bond acceptors (Lipinski definition) is 4. The van der Waals surface area contributed by atoms with Gasteiger partial charge in [-0.2, -0.15) is 0 Å². The highest BCUT2D eigenvalue weighted by Crippen LogP contribution is 2.22. The monoisotopic (exact) mass is 424 g/mol. The molecule has 1 aliphatic heterocycles. The van der Waals surface area contributed by atoms with Crippen molar-refractivity contribution in [1.82, 2.24) is 14.9 Å². The number of nitrogens with zero attached hydrogens (tertiary/aromatic N) is 2. The van der Waals surface area contributed by atoms with Crippen LogP contribution >= 0.6 is 15.9 Å². The molecule has 0 saturated heterocycles. The van der Waals surface area contributed by atoms with Gasteiger partial charge in [-0.15, -0.1) is 0 Å². The molecule has 1 aromatic heterocycles. The fourth-order valence-electron chi connectivity index (χ4n) is 3.38. The van der Waals surface area contributed by atoms with Gasteiger partial charge in [0.05, 0.1) is 11.3 Å². The van der Waals surface area contributed by atoms with E-state index in [9.17, 15) is 4.79 Å². The minimum atomic E-state index is -0.0610. The lowest BCUT2D eigenvalue weighted by molar-refractivity contribution is 0.242.